The van der Waals surface area contributed by atoms with Crippen LogP contribution in [0.25, 0.3) is 11.3 Å². The highest BCUT2D eigenvalue weighted by atomic mass is 16.3. The van der Waals surface area contributed by atoms with Crippen molar-refractivity contribution in [3.8, 4) is 11.3 Å². The number of hydrogen-bond donors (Lipinski definition) is 1. The summed E-state index contributed by atoms with van der Waals surface area (Å²) in [7, 11) is 0. The molecule has 0 bridgehead atoms. The van der Waals surface area contributed by atoms with E-state index in [0.717, 1.165) is 29.9 Å². The normalized spacial score (nSPS) is 12.6. The first-order valence-corrected chi connectivity index (χ1v) is 6.19. The second kappa shape index (κ2) is 5.19. The first kappa shape index (κ1) is 11.9. The van der Waals surface area contributed by atoms with E-state index in [1.54, 1.807) is 0 Å². The van der Waals surface area contributed by atoms with Gasteiger partial charge in [0, 0.05) is 5.56 Å². The lowest BCUT2D eigenvalue weighted by Gasteiger charge is -2.04. The van der Waals surface area contributed by atoms with Gasteiger partial charge in [-0.05, 0) is 30.5 Å². The zero-order valence-corrected chi connectivity index (χ0v) is 10.4. The van der Waals surface area contributed by atoms with Crippen LogP contribution in [0.3, 0.4) is 0 Å². The molecule has 1 unspecified atom stereocenters. The molecule has 0 saturated heterocycles. The Morgan fingerprint density at radius 1 is 1.06 bits per heavy atom. The van der Waals surface area contributed by atoms with Gasteiger partial charge in [0.15, 0.2) is 0 Å². The third kappa shape index (κ3) is 2.59. The third-order valence-corrected chi connectivity index (χ3v) is 3.08. The topological polar surface area (TPSA) is 39.2 Å². The van der Waals surface area contributed by atoms with Gasteiger partial charge in [-0.2, -0.15) is 0 Å². The van der Waals surface area contributed by atoms with Crippen molar-refractivity contribution in [1.82, 2.24) is 0 Å². The Kier molecular flexibility index (Phi) is 3.64. The summed E-state index contributed by atoms with van der Waals surface area (Å²) < 4.78 is 5.77. The highest BCUT2D eigenvalue weighted by Gasteiger charge is 2.09. The van der Waals surface area contributed by atoms with Gasteiger partial charge >= 0.3 is 0 Å². The highest BCUT2D eigenvalue weighted by Crippen LogP contribution is 2.25. The largest absolute Gasteiger partial charge is 0.459 e. The van der Waals surface area contributed by atoms with Crippen LogP contribution < -0.4 is 5.73 Å². The molecule has 0 radical (unpaired) electrons. The van der Waals surface area contributed by atoms with Crippen LogP contribution in [0.2, 0.25) is 0 Å². The molecule has 1 aromatic carbocycles. The van der Waals surface area contributed by atoms with Gasteiger partial charge in [-0.25, -0.2) is 0 Å². The fourth-order valence-corrected chi connectivity index (χ4v) is 1.81. The standard InChI is InChI=1S/C15H19NO/c1-3-11-5-7-12(8-6-11)14-9-10-15(17-14)13(16)4-2/h5-10,13H,3-4,16H2,1-2H3. The molecule has 0 aliphatic rings. The Balaban J connectivity index is 2.24. The summed E-state index contributed by atoms with van der Waals surface area (Å²) in [6, 6.07) is 12.4. The van der Waals surface area contributed by atoms with E-state index in [2.05, 4.69) is 38.1 Å². The fourth-order valence-electron chi connectivity index (χ4n) is 1.81. The van der Waals surface area contributed by atoms with Crippen LogP contribution >= 0.6 is 0 Å². The van der Waals surface area contributed by atoms with Crippen molar-refractivity contribution in [2.45, 2.75) is 32.7 Å². The summed E-state index contributed by atoms with van der Waals surface area (Å²) in [6.07, 6.45) is 1.95. The van der Waals surface area contributed by atoms with E-state index in [9.17, 15) is 0 Å². The molecule has 1 aromatic heterocycles. The number of aryl methyl sites for hydroxylation is 1. The third-order valence-electron chi connectivity index (χ3n) is 3.08. The van der Waals surface area contributed by atoms with E-state index < -0.39 is 0 Å². The van der Waals surface area contributed by atoms with E-state index >= 15 is 0 Å². The maximum atomic E-state index is 5.94. The van der Waals surface area contributed by atoms with Crippen molar-refractivity contribution < 1.29 is 4.42 Å². The molecule has 2 N–H and O–H groups in total. The first-order valence-electron chi connectivity index (χ1n) is 6.19. The Morgan fingerprint density at radius 3 is 2.35 bits per heavy atom. The van der Waals surface area contributed by atoms with Gasteiger partial charge < -0.3 is 10.2 Å². The zero-order chi connectivity index (χ0) is 12.3. The Bertz CT molecular complexity index is 470. The van der Waals surface area contributed by atoms with Crippen LogP contribution in [0.4, 0.5) is 0 Å². The maximum absolute atomic E-state index is 5.94. The van der Waals surface area contributed by atoms with E-state index in [-0.39, 0.29) is 6.04 Å². The summed E-state index contributed by atoms with van der Waals surface area (Å²) in [4.78, 5) is 0. The number of furan rings is 1. The van der Waals surface area contributed by atoms with E-state index in [0.29, 0.717) is 0 Å². The monoisotopic (exact) mass is 229 g/mol. The van der Waals surface area contributed by atoms with Gasteiger partial charge in [0.1, 0.15) is 11.5 Å². The molecule has 2 rings (SSSR count). The molecule has 1 heterocycles. The minimum atomic E-state index is -0.00124. The van der Waals surface area contributed by atoms with Crippen LogP contribution in [-0.2, 0) is 6.42 Å². The lowest BCUT2D eigenvalue weighted by Crippen LogP contribution is -2.06. The minimum Gasteiger partial charge on any atom is -0.459 e. The summed E-state index contributed by atoms with van der Waals surface area (Å²) in [5, 5.41) is 0. The predicted molar refractivity (Wildman–Crippen MR) is 70.7 cm³/mol. The average Bonchev–Trinajstić information content (AvgIpc) is 2.87. The van der Waals surface area contributed by atoms with Gasteiger partial charge in [-0.15, -0.1) is 0 Å². The quantitative estimate of drug-likeness (QED) is 0.863. The van der Waals surface area contributed by atoms with Crippen molar-refractivity contribution in [1.29, 1.82) is 0 Å². The Hall–Kier alpha value is -1.54. The van der Waals surface area contributed by atoms with Crippen LogP contribution in [0.5, 0.6) is 0 Å². The van der Waals surface area contributed by atoms with Gasteiger partial charge in [-0.1, -0.05) is 38.1 Å². The van der Waals surface area contributed by atoms with Gasteiger partial charge in [0.25, 0.3) is 0 Å². The van der Waals surface area contributed by atoms with E-state index in [1.807, 2.05) is 12.1 Å². The highest BCUT2D eigenvalue weighted by molar-refractivity contribution is 5.58. The molecule has 90 valence electrons. The Morgan fingerprint density at radius 2 is 1.76 bits per heavy atom. The molecule has 0 fully saturated rings. The fraction of sp³-hybridized carbons (Fsp3) is 0.333. The molecule has 2 nitrogen and oxygen atoms in total. The maximum Gasteiger partial charge on any atom is 0.134 e. The van der Waals surface area contributed by atoms with E-state index in [1.165, 1.54) is 5.56 Å². The predicted octanol–water partition coefficient (Wildman–Crippen LogP) is 3.92. The molecular formula is C15H19NO. The summed E-state index contributed by atoms with van der Waals surface area (Å²) in [5.41, 5.74) is 8.38. The van der Waals surface area contributed by atoms with Crippen molar-refractivity contribution in [2.24, 2.45) is 5.73 Å². The summed E-state index contributed by atoms with van der Waals surface area (Å²) >= 11 is 0. The number of hydrogen-bond acceptors (Lipinski definition) is 2. The second-order valence-electron chi connectivity index (χ2n) is 4.27. The molecule has 1 atom stereocenters. The zero-order valence-electron chi connectivity index (χ0n) is 10.4. The van der Waals surface area contributed by atoms with Crippen LogP contribution in [0.1, 0.15) is 37.6 Å². The Labute approximate surface area is 102 Å². The second-order valence-corrected chi connectivity index (χ2v) is 4.27. The number of rotatable bonds is 4. The van der Waals surface area contributed by atoms with Crippen LogP contribution in [0.15, 0.2) is 40.8 Å². The van der Waals surface area contributed by atoms with Gasteiger partial charge in [-0.3, -0.25) is 0 Å². The van der Waals surface area contributed by atoms with Gasteiger partial charge in [0.05, 0.1) is 6.04 Å². The van der Waals surface area contributed by atoms with Crippen molar-refractivity contribution >= 4 is 0 Å². The number of benzene rings is 1. The van der Waals surface area contributed by atoms with Crippen molar-refractivity contribution in [3.63, 3.8) is 0 Å². The summed E-state index contributed by atoms with van der Waals surface area (Å²) in [6.45, 7) is 4.21. The molecule has 0 spiro atoms. The molecule has 0 saturated carbocycles. The van der Waals surface area contributed by atoms with E-state index in [4.69, 9.17) is 10.2 Å². The van der Waals surface area contributed by atoms with Crippen molar-refractivity contribution in [3.05, 3.63) is 47.7 Å². The summed E-state index contributed by atoms with van der Waals surface area (Å²) in [5.74, 6) is 1.76. The molecular weight excluding hydrogens is 210 g/mol. The average molecular weight is 229 g/mol. The molecule has 2 heteroatoms. The molecule has 0 aliphatic heterocycles. The van der Waals surface area contributed by atoms with Gasteiger partial charge in [0.2, 0.25) is 0 Å². The molecule has 0 amide bonds. The molecule has 2 aromatic rings. The number of nitrogens with two attached hydrogens (primary N) is 1. The van der Waals surface area contributed by atoms with Crippen LogP contribution in [-0.4, -0.2) is 0 Å². The lowest BCUT2D eigenvalue weighted by molar-refractivity contribution is 0.470. The molecule has 0 aliphatic carbocycles. The van der Waals surface area contributed by atoms with Crippen molar-refractivity contribution in [2.75, 3.05) is 0 Å². The SMILES string of the molecule is CCc1ccc(-c2ccc(C(N)CC)o2)cc1. The van der Waals surface area contributed by atoms with Crippen LogP contribution in [0, 0.1) is 0 Å². The smallest absolute Gasteiger partial charge is 0.134 e. The minimum absolute atomic E-state index is 0.00124. The molecule has 17 heavy (non-hydrogen) atoms. The first-order chi connectivity index (χ1) is 8.24. The lowest BCUT2D eigenvalue weighted by atomic mass is 10.1.